The maximum Gasteiger partial charge on any atom is 0.118 e. The fourth-order valence-electron chi connectivity index (χ4n) is 2.39. The Morgan fingerprint density at radius 3 is 2.24 bits per heavy atom. The second-order valence-electron chi connectivity index (χ2n) is 5.48. The van der Waals surface area contributed by atoms with Gasteiger partial charge in [-0.2, -0.15) is 0 Å². The number of hydrogen-bond donors (Lipinski definition) is 1. The molecule has 2 rings (SSSR count). The Bertz CT molecular complexity index is 507. The van der Waals surface area contributed by atoms with Gasteiger partial charge in [0, 0.05) is 6.04 Å². The fraction of sp³-hybridized carbons (Fsp3) is 0.368. The molecule has 112 valence electrons. The zero-order valence-electron chi connectivity index (χ0n) is 13.0. The van der Waals surface area contributed by atoms with E-state index in [4.69, 9.17) is 4.74 Å². The van der Waals surface area contributed by atoms with E-state index in [9.17, 15) is 0 Å². The normalized spacial score (nSPS) is 12.1. The van der Waals surface area contributed by atoms with E-state index in [0.29, 0.717) is 6.04 Å². The molecule has 2 nitrogen and oxygen atoms in total. The maximum atomic E-state index is 5.18. The molecule has 0 fully saturated rings. The number of hydrogen-bond acceptors (Lipinski definition) is 2. The Balaban J connectivity index is 1.66. The lowest BCUT2D eigenvalue weighted by atomic mass is 10.1. The van der Waals surface area contributed by atoms with Crippen LogP contribution in [0.5, 0.6) is 5.75 Å². The monoisotopic (exact) mass is 283 g/mol. The highest BCUT2D eigenvalue weighted by Gasteiger charge is 2.02. The minimum Gasteiger partial charge on any atom is -0.497 e. The predicted octanol–water partition coefficient (Wildman–Crippen LogP) is 3.85. The van der Waals surface area contributed by atoms with Crippen molar-refractivity contribution in [1.82, 2.24) is 5.32 Å². The highest BCUT2D eigenvalue weighted by molar-refractivity contribution is 5.27. The molecule has 1 atom stereocenters. The predicted molar refractivity (Wildman–Crippen MR) is 88.9 cm³/mol. The molecule has 0 aromatic heterocycles. The molecule has 1 N–H and O–H groups in total. The molecule has 0 saturated heterocycles. The Hall–Kier alpha value is -1.80. The van der Waals surface area contributed by atoms with Crippen LogP contribution in [0.2, 0.25) is 0 Å². The van der Waals surface area contributed by atoms with Gasteiger partial charge in [-0.3, -0.25) is 0 Å². The molecule has 2 aromatic rings. The van der Waals surface area contributed by atoms with Crippen molar-refractivity contribution >= 4 is 0 Å². The summed E-state index contributed by atoms with van der Waals surface area (Å²) in [6.07, 6.45) is 3.35. The van der Waals surface area contributed by atoms with Gasteiger partial charge in [0.05, 0.1) is 7.11 Å². The molecule has 0 amide bonds. The molecule has 0 aliphatic carbocycles. The Kier molecular flexibility index (Phi) is 6.29. The summed E-state index contributed by atoms with van der Waals surface area (Å²) >= 11 is 0. The maximum absolute atomic E-state index is 5.18. The summed E-state index contributed by atoms with van der Waals surface area (Å²) in [5, 5.41) is 3.60. The van der Waals surface area contributed by atoms with Gasteiger partial charge in [0.2, 0.25) is 0 Å². The van der Waals surface area contributed by atoms with Gasteiger partial charge in [-0.25, -0.2) is 0 Å². The molecule has 0 unspecified atom stereocenters. The largest absolute Gasteiger partial charge is 0.497 e. The first-order valence-electron chi connectivity index (χ1n) is 7.68. The van der Waals surface area contributed by atoms with E-state index in [1.807, 2.05) is 12.1 Å². The Labute approximate surface area is 128 Å². The molecular formula is C19H25NO. The van der Waals surface area contributed by atoms with Crippen molar-refractivity contribution in [3.63, 3.8) is 0 Å². The summed E-state index contributed by atoms with van der Waals surface area (Å²) in [4.78, 5) is 0. The minimum absolute atomic E-state index is 0.538. The van der Waals surface area contributed by atoms with E-state index in [1.54, 1.807) is 7.11 Å². The third-order valence-corrected chi connectivity index (χ3v) is 3.77. The zero-order chi connectivity index (χ0) is 14.9. The van der Waals surface area contributed by atoms with Crippen LogP contribution in [-0.4, -0.2) is 19.7 Å². The SMILES string of the molecule is COc1ccc(CC[C@H](C)NCCc2ccccc2)cc1. The van der Waals surface area contributed by atoms with Crippen LogP contribution in [0.25, 0.3) is 0 Å². The highest BCUT2D eigenvalue weighted by Crippen LogP contribution is 2.13. The van der Waals surface area contributed by atoms with Crippen LogP contribution < -0.4 is 10.1 Å². The lowest BCUT2D eigenvalue weighted by Gasteiger charge is -2.14. The standard InChI is InChI=1S/C19H25NO/c1-16(20-15-14-17-6-4-3-5-7-17)8-9-18-10-12-19(21-2)13-11-18/h3-7,10-13,16,20H,8-9,14-15H2,1-2H3/t16-/m0/s1. The second kappa shape index (κ2) is 8.48. The quantitative estimate of drug-likeness (QED) is 0.794. The van der Waals surface area contributed by atoms with Crippen LogP contribution >= 0.6 is 0 Å². The lowest BCUT2D eigenvalue weighted by Crippen LogP contribution is -2.28. The molecule has 0 bridgehead atoms. The van der Waals surface area contributed by atoms with Crippen LogP contribution in [0.3, 0.4) is 0 Å². The van der Waals surface area contributed by atoms with Gasteiger partial charge < -0.3 is 10.1 Å². The first-order valence-corrected chi connectivity index (χ1v) is 7.68. The summed E-state index contributed by atoms with van der Waals surface area (Å²) < 4.78 is 5.18. The van der Waals surface area contributed by atoms with Crippen molar-refractivity contribution in [3.8, 4) is 5.75 Å². The highest BCUT2D eigenvalue weighted by atomic mass is 16.5. The van der Waals surface area contributed by atoms with E-state index >= 15 is 0 Å². The van der Waals surface area contributed by atoms with Crippen LogP contribution in [0.1, 0.15) is 24.5 Å². The van der Waals surface area contributed by atoms with Crippen molar-refractivity contribution in [3.05, 3.63) is 65.7 Å². The fourth-order valence-corrected chi connectivity index (χ4v) is 2.39. The molecule has 2 heteroatoms. The Morgan fingerprint density at radius 1 is 0.905 bits per heavy atom. The second-order valence-corrected chi connectivity index (χ2v) is 5.48. The van der Waals surface area contributed by atoms with Crippen LogP contribution in [0, 0.1) is 0 Å². The van der Waals surface area contributed by atoms with Crippen molar-refractivity contribution in [2.45, 2.75) is 32.2 Å². The van der Waals surface area contributed by atoms with Gasteiger partial charge in [-0.15, -0.1) is 0 Å². The molecule has 21 heavy (non-hydrogen) atoms. The molecule has 0 saturated carbocycles. The summed E-state index contributed by atoms with van der Waals surface area (Å²) in [5.74, 6) is 0.924. The molecule has 0 spiro atoms. The van der Waals surface area contributed by atoms with Crippen molar-refractivity contribution in [1.29, 1.82) is 0 Å². The number of ether oxygens (including phenoxy) is 1. The average Bonchev–Trinajstić information content (AvgIpc) is 2.54. The van der Waals surface area contributed by atoms with E-state index in [-0.39, 0.29) is 0 Å². The van der Waals surface area contributed by atoms with Crippen LogP contribution in [0.4, 0.5) is 0 Å². The van der Waals surface area contributed by atoms with Gasteiger partial charge in [-0.05, 0) is 56.0 Å². The topological polar surface area (TPSA) is 21.3 Å². The molecule has 0 aliphatic heterocycles. The third-order valence-electron chi connectivity index (χ3n) is 3.77. The van der Waals surface area contributed by atoms with Gasteiger partial charge in [-0.1, -0.05) is 42.5 Å². The Morgan fingerprint density at radius 2 is 1.57 bits per heavy atom. The number of aryl methyl sites for hydroxylation is 1. The summed E-state index contributed by atoms with van der Waals surface area (Å²) in [5.41, 5.74) is 2.76. The lowest BCUT2D eigenvalue weighted by molar-refractivity contribution is 0.414. The van der Waals surface area contributed by atoms with Gasteiger partial charge in [0.1, 0.15) is 5.75 Å². The van der Waals surface area contributed by atoms with Crippen LogP contribution in [-0.2, 0) is 12.8 Å². The van der Waals surface area contributed by atoms with Crippen molar-refractivity contribution in [2.24, 2.45) is 0 Å². The first-order chi connectivity index (χ1) is 10.3. The number of benzene rings is 2. The van der Waals surface area contributed by atoms with Gasteiger partial charge >= 0.3 is 0 Å². The minimum atomic E-state index is 0.538. The number of methoxy groups -OCH3 is 1. The first kappa shape index (κ1) is 15.6. The summed E-state index contributed by atoms with van der Waals surface area (Å²) in [6, 6.07) is 19.5. The zero-order valence-corrected chi connectivity index (χ0v) is 13.0. The van der Waals surface area contributed by atoms with E-state index in [0.717, 1.165) is 31.6 Å². The van der Waals surface area contributed by atoms with E-state index < -0.39 is 0 Å². The summed E-state index contributed by atoms with van der Waals surface area (Å²) in [6.45, 7) is 3.29. The smallest absolute Gasteiger partial charge is 0.118 e. The van der Waals surface area contributed by atoms with E-state index in [2.05, 4.69) is 54.7 Å². The molecule has 2 aromatic carbocycles. The van der Waals surface area contributed by atoms with E-state index in [1.165, 1.54) is 11.1 Å². The van der Waals surface area contributed by atoms with Gasteiger partial charge in [0.15, 0.2) is 0 Å². The number of rotatable bonds is 8. The molecule has 0 radical (unpaired) electrons. The van der Waals surface area contributed by atoms with Gasteiger partial charge in [0.25, 0.3) is 0 Å². The molecular weight excluding hydrogens is 258 g/mol. The third kappa shape index (κ3) is 5.60. The summed E-state index contributed by atoms with van der Waals surface area (Å²) in [7, 11) is 1.70. The van der Waals surface area contributed by atoms with Crippen molar-refractivity contribution in [2.75, 3.05) is 13.7 Å². The molecule has 0 aliphatic rings. The average molecular weight is 283 g/mol. The van der Waals surface area contributed by atoms with Crippen molar-refractivity contribution < 1.29 is 4.74 Å². The number of nitrogens with one attached hydrogen (secondary N) is 1. The molecule has 0 heterocycles. The van der Waals surface area contributed by atoms with Crippen LogP contribution in [0.15, 0.2) is 54.6 Å².